The van der Waals surface area contributed by atoms with Gasteiger partial charge in [-0.25, -0.2) is 0 Å². The van der Waals surface area contributed by atoms with E-state index in [-0.39, 0.29) is 23.5 Å². The second kappa shape index (κ2) is 7.57. The maximum Gasteiger partial charge on any atom is 0.201 e. The molecular weight excluding hydrogens is 348 g/mol. The first-order valence-electron chi connectivity index (χ1n) is 8.62. The molecule has 2 aliphatic rings. The van der Waals surface area contributed by atoms with Crippen LogP contribution < -0.4 is 19.9 Å². The van der Waals surface area contributed by atoms with Crippen LogP contribution >= 0.6 is 0 Å². The number of aliphatic hydroxyl groups excluding tert-OH is 1. The number of nitrogens with one attached hydrogen (secondary N) is 1. The van der Waals surface area contributed by atoms with Gasteiger partial charge in [-0.2, -0.15) is 0 Å². The molecule has 1 aromatic carbocycles. The zero-order valence-electron chi connectivity index (χ0n) is 15.5. The number of Topliss-reactive ketones (excluding diaryl/α,β-unsaturated/α-hetero) is 2. The lowest BCUT2D eigenvalue weighted by Crippen LogP contribution is -2.36. The third kappa shape index (κ3) is 3.67. The molecule has 0 aromatic heterocycles. The van der Waals surface area contributed by atoms with Crippen LogP contribution in [0.3, 0.4) is 0 Å². The fraction of sp³-hybridized carbons (Fsp3) is 0.300. The first kappa shape index (κ1) is 18.6. The molecule has 0 unspecified atom stereocenters. The summed E-state index contributed by atoms with van der Waals surface area (Å²) in [4.78, 5) is 25.0. The van der Waals surface area contributed by atoms with Crippen LogP contribution in [-0.4, -0.2) is 30.9 Å². The number of benzene rings is 1. The molecule has 3 rings (SSSR count). The highest BCUT2D eigenvalue weighted by molar-refractivity contribution is 6.27. The van der Waals surface area contributed by atoms with Gasteiger partial charge in [-0.1, -0.05) is 0 Å². The van der Waals surface area contributed by atoms with Crippen molar-refractivity contribution in [2.45, 2.75) is 26.2 Å². The summed E-state index contributed by atoms with van der Waals surface area (Å²) in [6.07, 6.45) is 4.44. The highest BCUT2D eigenvalue weighted by atomic mass is 16.5. The number of aliphatic hydroxyl groups is 1. The number of hydrazine groups is 1. The predicted molar refractivity (Wildman–Crippen MR) is 101 cm³/mol. The van der Waals surface area contributed by atoms with Crippen LogP contribution in [-0.2, 0) is 9.59 Å². The van der Waals surface area contributed by atoms with Gasteiger partial charge in [0.1, 0.15) is 11.3 Å². The van der Waals surface area contributed by atoms with Gasteiger partial charge in [0.05, 0.1) is 19.9 Å². The van der Waals surface area contributed by atoms with Crippen molar-refractivity contribution in [1.82, 2.24) is 5.43 Å². The molecule has 0 atom stereocenters. The summed E-state index contributed by atoms with van der Waals surface area (Å²) >= 11 is 0. The summed E-state index contributed by atoms with van der Waals surface area (Å²) in [7, 11) is 3.10. The number of allylic oxidation sites excluding steroid dienone is 5. The molecule has 0 fully saturated rings. The van der Waals surface area contributed by atoms with Crippen molar-refractivity contribution in [1.29, 1.82) is 0 Å². The van der Waals surface area contributed by atoms with Crippen molar-refractivity contribution >= 4 is 17.3 Å². The standard InChI is InChI=1S/C20H22N2O5/c1-12-9-13(20(25)19-15(23)5-4-6-16(19)24)11-22(21-12)14-7-8-17(26-2)18(10-14)27-3/h7-11,21,23H,4-6H2,1-3H3. The van der Waals surface area contributed by atoms with Gasteiger partial charge in [0.2, 0.25) is 5.78 Å². The molecule has 0 radical (unpaired) electrons. The Morgan fingerprint density at radius 2 is 1.93 bits per heavy atom. The highest BCUT2D eigenvalue weighted by Gasteiger charge is 2.29. The second-order valence-electron chi connectivity index (χ2n) is 6.36. The zero-order chi connectivity index (χ0) is 19.6. The maximum atomic E-state index is 12.9. The van der Waals surface area contributed by atoms with E-state index in [4.69, 9.17) is 9.47 Å². The minimum absolute atomic E-state index is 0.106. The molecule has 1 heterocycles. The van der Waals surface area contributed by atoms with Gasteiger partial charge in [0.25, 0.3) is 0 Å². The molecule has 1 aliphatic heterocycles. The largest absolute Gasteiger partial charge is 0.511 e. The number of ketones is 2. The number of anilines is 1. The van der Waals surface area contributed by atoms with E-state index in [2.05, 4.69) is 5.43 Å². The number of hydrogen-bond acceptors (Lipinski definition) is 7. The van der Waals surface area contributed by atoms with E-state index >= 15 is 0 Å². The number of methoxy groups -OCH3 is 2. The Morgan fingerprint density at radius 3 is 2.59 bits per heavy atom. The van der Waals surface area contributed by atoms with Gasteiger partial charge in [-0.05, 0) is 31.6 Å². The Labute approximate surface area is 157 Å². The fourth-order valence-corrected chi connectivity index (χ4v) is 3.13. The third-order valence-corrected chi connectivity index (χ3v) is 4.46. The average Bonchev–Trinajstić information content (AvgIpc) is 2.66. The summed E-state index contributed by atoms with van der Waals surface area (Å²) in [6.45, 7) is 1.81. The topological polar surface area (TPSA) is 88.1 Å². The van der Waals surface area contributed by atoms with Gasteiger partial charge in [-0.15, -0.1) is 0 Å². The fourth-order valence-electron chi connectivity index (χ4n) is 3.13. The summed E-state index contributed by atoms with van der Waals surface area (Å²) in [5.41, 5.74) is 4.79. The van der Waals surface area contributed by atoms with Crippen LogP contribution in [0.1, 0.15) is 26.2 Å². The summed E-state index contributed by atoms with van der Waals surface area (Å²) in [6, 6.07) is 5.34. The summed E-state index contributed by atoms with van der Waals surface area (Å²) in [5.74, 6) is 0.233. The molecular formula is C20H22N2O5. The molecule has 1 aliphatic carbocycles. The number of nitrogens with zero attached hydrogens (tertiary/aromatic N) is 1. The summed E-state index contributed by atoms with van der Waals surface area (Å²) in [5, 5.41) is 11.7. The Balaban J connectivity index is 1.96. The van der Waals surface area contributed by atoms with Gasteiger partial charge in [-0.3, -0.25) is 20.0 Å². The Kier molecular flexibility index (Phi) is 5.21. The maximum absolute atomic E-state index is 12.9. The predicted octanol–water partition coefficient (Wildman–Crippen LogP) is 2.95. The first-order valence-corrected chi connectivity index (χ1v) is 8.62. The van der Waals surface area contributed by atoms with Crippen LogP contribution in [0.5, 0.6) is 11.5 Å². The Hall–Kier alpha value is -3.22. The van der Waals surface area contributed by atoms with Crippen molar-refractivity contribution in [3.05, 3.63) is 53.1 Å². The van der Waals surface area contributed by atoms with Gasteiger partial charge in [0, 0.05) is 36.4 Å². The monoisotopic (exact) mass is 370 g/mol. The van der Waals surface area contributed by atoms with Crippen molar-refractivity contribution in [3.63, 3.8) is 0 Å². The SMILES string of the molecule is COc1ccc(N2C=C(C(=O)C3=C(O)CCCC3=O)C=C(C)N2)cc1OC. The smallest absolute Gasteiger partial charge is 0.201 e. The zero-order valence-corrected chi connectivity index (χ0v) is 15.5. The van der Waals surface area contributed by atoms with Crippen LogP contribution in [0, 0.1) is 0 Å². The molecule has 0 bridgehead atoms. The lowest BCUT2D eigenvalue weighted by molar-refractivity contribution is -0.120. The minimum Gasteiger partial charge on any atom is -0.511 e. The third-order valence-electron chi connectivity index (χ3n) is 4.46. The highest BCUT2D eigenvalue weighted by Crippen LogP contribution is 2.32. The lowest BCUT2D eigenvalue weighted by Gasteiger charge is -2.28. The van der Waals surface area contributed by atoms with E-state index < -0.39 is 5.78 Å². The minimum atomic E-state index is -0.469. The van der Waals surface area contributed by atoms with Gasteiger partial charge in [0.15, 0.2) is 17.3 Å². The van der Waals surface area contributed by atoms with E-state index in [0.717, 1.165) is 11.4 Å². The van der Waals surface area contributed by atoms with Crippen molar-refractivity contribution in [3.8, 4) is 11.5 Å². The van der Waals surface area contributed by atoms with E-state index in [1.54, 1.807) is 43.6 Å². The number of hydrogen-bond donors (Lipinski definition) is 2. The molecule has 0 spiro atoms. The molecule has 7 heteroatoms. The normalized spacial score (nSPS) is 17.1. The average molecular weight is 370 g/mol. The Morgan fingerprint density at radius 1 is 1.19 bits per heavy atom. The van der Waals surface area contributed by atoms with Crippen molar-refractivity contribution < 1.29 is 24.2 Å². The van der Waals surface area contributed by atoms with E-state index in [1.165, 1.54) is 0 Å². The van der Waals surface area contributed by atoms with E-state index in [1.807, 2.05) is 13.0 Å². The first-order chi connectivity index (χ1) is 12.9. The number of ether oxygens (including phenoxy) is 2. The quantitative estimate of drug-likeness (QED) is 0.771. The lowest BCUT2D eigenvalue weighted by atomic mass is 9.90. The molecule has 1 aromatic rings. The molecule has 2 N–H and O–H groups in total. The molecule has 7 nitrogen and oxygen atoms in total. The number of carbonyl (C=O) groups is 2. The molecule has 0 amide bonds. The van der Waals surface area contributed by atoms with Crippen molar-refractivity contribution in [2.75, 3.05) is 19.2 Å². The van der Waals surface area contributed by atoms with Crippen LogP contribution in [0.25, 0.3) is 0 Å². The summed E-state index contributed by atoms with van der Waals surface area (Å²) < 4.78 is 10.6. The Bertz CT molecular complexity index is 882. The van der Waals surface area contributed by atoms with E-state index in [9.17, 15) is 14.7 Å². The van der Waals surface area contributed by atoms with Gasteiger partial charge < -0.3 is 14.6 Å². The van der Waals surface area contributed by atoms with Crippen molar-refractivity contribution in [2.24, 2.45) is 0 Å². The van der Waals surface area contributed by atoms with Crippen LogP contribution in [0.2, 0.25) is 0 Å². The molecule has 142 valence electrons. The second-order valence-corrected chi connectivity index (χ2v) is 6.36. The molecule has 0 saturated heterocycles. The molecule has 0 saturated carbocycles. The van der Waals surface area contributed by atoms with Crippen LogP contribution in [0.15, 0.2) is 53.1 Å². The number of carbonyl (C=O) groups excluding carboxylic acids is 2. The van der Waals surface area contributed by atoms with E-state index in [0.29, 0.717) is 29.9 Å². The molecule has 27 heavy (non-hydrogen) atoms. The van der Waals surface area contributed by atoms with Gasteiger partial charge >= 0.3 is 0 Å². The van der Waals surface area contributed by atoms with Crippen LogP contribution in [0.4, 0.5) is 5.69 Å². The number of rotatable bonds is 5.